The van der Waals surface area contributed by atoms with E-state index in [0.29, 0.717) is 25.0 Å². The molecule has 112 valence electrons. The SMILES string of the molecule is CCC1CCC(c2noc(C3(N)CCOCC3)n2)CC1. The van der Waals surface area contributed by atoms with Crippen LogP contribution in [0.15, 0.2) is 4.52 Å². The normalized spacial score (nSPS) is 30.3. The van der Waals surface area contributed by atoms with Crippen LogP contribution in [0.25, 0.3) is 0 Å². The van der Waals surface area contributed by atoms with E-state index in [1.165, 1.54) is 32.1 Å². The molecule has 1 aliphatic carbocycles. The fourth-order valence-corrected chi connectivity index (χ4v) is 3.38. The first kappa shape index (κ1) is 14.0. The van der Waals surface area contributed by atoms with Gasteiger partial charge in [0.15, 0.2) is 5.82 Å². The quantitative estimate of drug-likeness (QED) is 0.920. The van der Waals surface area contributed by atoms with E-state index in [0.717, 1.165) is 24.6 Å². The average Bonchev–Trinajstić information content (AvgIpc) is 2.99. The van der Waals surface area contributed by atoms with Gasteiger partial charge in [0.2, 0.25) is 5.89 Å². The van der Waals surface area contributed by atoms with Gasteiger partial charge in [-0.25, -0.2) is 0 Å². The summed E-state index contributed by atoms with van der Waals surface area (Å²) in [5, 5.41) is 4.20. The molecule has 1 aliphatic heterocycles. The van der Waals surface area contributed by atoms with Crippen LogP contribution in [0.2, 0.25) is 0 Å². The third-order valence-electron chi connectivity index (χ3n) is 5.04. The molecule has 1 saturated heterocycles. The van der Waals surface area contributed by atoms with E-state index in [2.05, 4.69) is 17.1 Å². The highest BCUT2D eigenvalue weighted by Crippen LogP contribution is 2.37. The molecule has 2 N–H and O–H groups in total. The van der Waals surface area contributed by atoms with Crippen LogP contribution >= 0.6 is 0 Å². The molecule has 0 radical (unpaired) electrons. The van der Waals surface area contributed by atoms with Gasteiger partial charge in [-0.15, -0.1) is 0 Å². The fourth-order valence-electron chi connectivity index (χ4n) is 3.38. The molecule has 2 heterocycles. The van der Waals surface area contributed by atoms with E-state index in [9.17, 15) is 0 Å². The monoisotopic (exact) mass is 279 g/mol. The van der Waals surface area contributed by atoms with Gasteiger partial charge in [0.25, 0.3) is 0 Å². The highest BCUT2D eigenvalue weighted by Gasteiger charge is 2.36. The zero-order valence-corrected chi connectivity index (χ0v) is 12.3. The van der Waals surface area contributed by atoms with E-state index >= 15 is 0 Å². The van der Waals surface area contributed by atoms with Crippen LogP contribution in [0.5, 0.6) is 0 Å². The maximum atomic E-state index is 6.39. The topological polar surface area (TPSA) is 74.2 Å². The number of aromatic nitrogens is 2. The van der Waals surface area contributed by atoms with Gasteiger partial charge in [0.1, 0.15) is 5.54 Å². The lowest BCUT2D eigenvalue weighted by atomic mass is 9.80. The van der Waals surface area contributed by atoms with E-state index in [1.807, 2.05) is 0 Å². The van der Waals surface area contributed by atoms with Crippen molar-refractivity contribution in [3.8, 4) is 0 Å². The number of nitrogens with two attached hydrogens (primary N) is 1. The van der Waals surface area contributed by atoms with Gasteiger partial charge < -0.3 is 15.0 Å². The molecule has 5 heteroatoms. The molecule has 0 unspecified atom stereocenters. The number of rotatable bonds is 3. The van der Waals surface area contributed by atoms with Crippen molar-refractivity contribution in [1.29, 1.82) is 0 Å². The molecule has 1 saturated carbocycles. The molecule has 0 aromatic carbocycles. The second-order valence-corrected chi connectivity index (χ2v) is 6.35. The summed E-state index contributed by atoms with van der Waals surface area (Å²) in [6.07, 6.45) is 7.74. The van der Waals surface area contributed by atoms with Crippen molar-refractivity contribution in [2.75, 3.05) is 13.2 Å². The second kappa shape index (κ2) is 5.82. The van der Waals surface area contributed by atoms with Crippen LogP contribution in [0.1, 0.15) is 69.5 Å². The predicted molar refractivity (Wildman–Crippen MR) is 75.2 cm³/mol. The summed E-state index contributed by atoms with van der Waals surface area (Å²) in [6, 6.07) is 0. The molecule has 1 aromatic heterocycles. The molecular weight excluding hydrogens is 254 g/mol. The Labute approximate surface area is 120 Å². The summed E-state index contributed by atoms with van der Waals surface area (Å²) in [5.74, 6) is 2.81. The molecular formula is C15H25N3O2. The minimum absolute atomic E-state index is 0.457. The first-order valence-corrected chi connectivity index (χ1v) is 7.92. The van der Waals surface area contributed by atoms with Crippen molar-refractivity contribution in [3.05, 3.63) is 11.7 Å². The van der Waals surface area contributed by atoms with Crippen molar-refractivity contribution in [3.63, 3.8) is 0 Å². The summed E-state index contributed by atoms with van der Waals surface area (Å²) >= 11 is 0. The van der Waals surface area contributed by atoms with Gasteiger partial charge in [-0.2, -0.15) is 4.98 Å². The third-order valence-corrected chi connectivity index (χ3v) is 5.04. The second-order valence-electron chi connectivity index (χ2n) is 6.35. The highest BCUT2D eigenvalue weighted by molar-refractivity contribution is 5.06. The molecule has 0 amide bonds. The lowest BCUT2D eigenvalue weighted by molar-refractivity contribution is 0.0400. The molecule has 0 spiro atoms. The fraction of sp³-hybridized carbons (Fsp3) is 0.867. The van der Waals surface area contributed by atoms with E-state index < -0.39 is 5.54 Å². The van der Waals surface area contributed by atoms with E-state index in [-0.39, 0.29) is 0 Å². The Hall–Kier alpha value is -0.940. The van der Waals surface area contributed by atoms with Crippen molar-refractivity contribution in [2.24, 2.45) is 11.7 Å². The van der Waals surface area contributed by atoms with Gasteiger partial charge in [-0.05, 0) is 44.4 Å². The van der Waals surface area contributed by atoms with Gasteiger partial charge in [0.05, 0.1) is 0 Å². The summed E-state index contributed by atoms with van der Waals surface area (Å²) in [4.78, 5) is 4.62. The van der Waals surface area contributed by atoms with Crippen molar-refractivity contribution in [2.45, 2.75) is 63.3 Å². The molecule has 2 aliphatic rings. The minimum Gasteiger partial charge on any atom is -0.381 e. The Morgan fingerprint density at radius 2 is 1.90 bits per heavy atom. The smallest absolute Gasteiger partial charge is 0.246 e. The van der Waals surface area contributed by atoms with Crippen molar-refractivity contribution >= 4 is 0 Å². The summed E-state index contributed by atoms with van der Waals surface area (Å²) in [7, 11) is 0. The van der Waals surface area contributed by atoms with Crippen molar-refractivity contribution < 1.29 is 9.26 Å². The average molecular weight is 279 g/mol. The molecule has 20 heavy (non-hydrogen) atoms. The number of hydrogen-bond donors (Lipinski definition) is 1. The maximum absolute atomic E-state index is 6.39. The molecule has 1 aromatic rings. The van der Waals surface area contributed by atoms with E-state index in [1.54, 1.807) is 0 Å². The lowest BCUT2D eigenvalue weighted by Gasteiger charge is -2.29. The van der Waals surface area contributed by atoms with Crippen LogP contribution in [-0.2, 0) is 10.3 Å². The Balaban J connectivity index is 1.67. The number of ether oxygens (including phenoxy) is 1. The summed E-state index contributed by atoms with van der Waals surface area (Å²) < 4.78 is 10.8. The van der Waals surface area contributed by atoms with Crippen LogP contribution in [-0.4, -0.2) is 23.4 Å². The number of hydrogen-bond acceptors (Lipinski definition) is 5. The Bertz CT molecular complexity index is 432. The Morgan fingerprint density at radius 1 is 1.20 bits per heavy atom. The molecule has 0 atom stereocenters. The van der Waals surface area contributed by atoms with Crippen molar-refractivity contribution in [1.82, 2.24) is 10.1 Å². The van der Waals surface area contributed by atoms with Gasteiger partial charge >= 0.3 is 0 Å². The van der Waals surface area contributed by atoms with Gasteiger partial charge in [-0.3, -0.25) is 0 Å². The molecule has 0 bridgehead atoms. The maximum Gasteiger partial charge on any atom is 0.246 e. The van der Waals surface area contributed by atoms with Gasteiger partial charge in [0, 0.05) is 19.1 Å². The van der Waals surface area contributed by atoms with Crippen LogP contribution < -0.4 is 5.73 Å². The zero-order valence-electron chi connectivity index (χ0n) is 12.3. The van der Waals surface area contributed by atoms with Gasteiger partial charge in [-0.1, -0.05) is 18.5 Å². The first-order valence-electron chi connectivity index (χ1n) is 7.92. The molecule has 2 fully saturated rings. The number of nitrogens with zero attached hydrogens (tertiary/aromatic N) is 2. The van der Waals surface area contributed by atoms with Crippen LogP contribution in [0.3, 0.4) is 0 Å². The van der Waals surface area contributed by atoms with E-state index in [4.69, 9.17) is 15.0 Å². The Morgan fingerprint density at radius 3 is 2.55 bits per heavy atom. The summed E-state index contributed by atoms with van der Waals surface area (Å²) in [5.41, 5.74) is 5.91. The standard InChI is InChI=1S/C15H25N3O2/c1-2-11-3-5-12(6-4-11)13-17-14(20-18-13)15(16)7-9-19-10-8-15/h11-12H,2-10,16H2,1H3. The minimum atomic E-state index is -0.482. The Kier molecular flexibility index (Phi) is 4.08. The molecule has 3 rings (SSSR count). The third kappa shape index (κ3) is 2.74. The largest absolute Gasteiger partial charge is 0.381 e. The van der Waals surface area contributed by atoms with Crippen LogP contribution in [0, 0.1) is 5.92 Å². The van der Waals surface area contributed by atoms with Crippen LogP contribution in [0.4, 0.5) is 0 Å². The summed E-state index contributed by atoms with van der Waals surface area (Å²) in [6.45, 7) is 3.63. The highest BCUT2D eigenvalue weighted by atomic mass is 16.5. The molecule has 5 nitrogen and oxygen atoms in total. The lowest BCUT2D eigenvalue weighted by Crippen LogP contribution is -2.42. The first-order chi connectivity index (χ1) is 9.71. The zero-order chi connectivity index (χ0) is 14.0. The predicted octanol–water partition coefficient (Wildman–Crippen LogP) is 2.72.